The normalized spacial score (nSPS) is 19.2. The highest BCUT2D eigenvalue weighted by molar-refractivity contribution is 7.51. The zero-order valence-electron chi connectivity index (χ0n) is 23.6. The first kappa shape index (κ1) is 35.5. The monoisotopic (exact) mass is 644 g/mol. The second-order valence-corrected chi connectivity index (χ2v) is 11.7. The lowest BCUT2D eigenvalue weighted by Crippen LogP contribution is -2.45. The van der Waals surface area contributed by atoms with E-state index >= 15 is 0 Å². The van der Waals surface area contributed by atoms with E-state index in [1.54, 1.807) is 6.92 Å². The van der Waals surface area contributed by atoms with E-state index in [9.17, 15) is 31.9 Å². The van der Waals surface area contributed by atoms with Crippen LogP contribution in [0.15, 0.2) is 12.3 Å². The third-order valence-electron chi connectivity index (χ3n) is 6.88. The molecule has 16 heteroatoms. The van der Waals surface area contributed by atoms with Gasteiger partial charge in [0.05, 0.1) is 5.60 Å². The molecule has 1 aliphatic carbocycles. The van der Waals surface area contributed by atoms with E-state index in [4.69, 9.17) is 20.0 Å². The first-order valence-electron chi connectivity index (χ1n) is 13.1. The predicted molar refractivity (Wildman–Crippen MR) is 144 cm³/mol. The smallest absolute Gasteiger partial charge is 0.389 e. The molecule has 3 rings (SSSR count). The van der Waals surface area contributed by atoms with E-state index in [0.29, 0.717) is 18.8 Å². The summed E-state index contributed by atoms with van der Waals surface area (Å²) in [5, 5.41) is 13.3. The van der Waals surface area contributed by atoms with Crippen molar-refractivity contribution in [3.63, 3.8) is 0 Å². The molecular formula is C26H34ClF5N4O5S. The van der Waals surface area contributed by atoms with Gasteiger partial charge in [0, 0.05) is 25.6 Å². The van der Waals surface area contributed by atoms with Crippen LogP contribution in [0.4, 0.5) is 22.0 Å². The first-order chi connectivity index (χ1) is 19.4. The van der Waals surface area contributed by atoms with Crippen molar-refractivity contribution in [2.45, 2.75) is 91.0 Å². The molecule has 0 aliphatic heterocycles. The molecule has 0 saturated heterocycles. The van der Waals surface area contributed by atoms with Crippen molar-refractivity contribution in [2.75, 3.05) is 6.54 Å². The Morgan fingerprint density at radius 3 is 2.40 bits per heavy atom. The summed E-state index contributed by atoms with van der Waals surface area (Å²) in [4.78, 5) is 21.4. The zero-order valence-corrected chi connectivity index (χ0v) is 25.1. The average molecular weight is 645 g/mol. The molecule has 1 amide bonds. The largest absolute Gasteiger partial charge is 0.431 e. The highest BCUT2D eigenvalue weighted by Crippen LogP contribution is 2.37. The Hall–Kier alpha value is -2.65. The first-order valence-corrected chi connectivity index (χ1v) is 14.2. The lowest BCUT2D eigenvalue weighted by molar-refractivity contribution is -0.154. The van der Waals surface area contributed by atoms with Crippen LogP contribution >= 0.6 is 11.6 Å². The summed E-state index contributed by atoms with van der Waals surface area (Å²) in [6.45, 7) is 3.40. The van der Waals surface area contributed by atoms with Crippen molar-refractivity contribution in [1.82, 2.24) is 19.9 Å². The third kappa shape index (κ3) is 10.3. The van der Waals surface area contributed by atoms with E-state index in [1.165, 1.54) is 30.7 Å². The Bertz CT molecular complexity index is 1260. The van der Waals surface area contributed by atoms with Crippen LogP contribution in [0.25, 0.3) is 5.82 Å². The fraction of sp³-hybridized carbons (Fsp3) is 0.654. The summed E-state index contributed by atoms with van der Waals surface area (Å²) in [7, 11) is 0. The van der Waals surface area contributed by atoms with Crippen LogP contribution in [-0.2, 0) is 24.4 Å². The van der Waals surface area contributed by atoms with Gasteiger partial charge in [-0.15, -0.1) is 0 Å². The molecule has 1 fully saturated rings. The quantitative estimate of drug-likeness (QED) is 0.323. The molecule has 0 unspecified atom stereocenters. The molecule has 2 N–H and O–H groups in total. The number of carbonyl (C=O) groups excluding carboxylic acids is 1. The molecule has 0 radical (unpaired) electrons. The highest BCUT2D eigenvalue weighted by atomic mass is 35.5. The van der Waals surface area contributed by atoms with Crippen LogP contribution in [0.3, 0.4) is 0 Å². The number of amides is 1. The molecule has 0 aromatic carbocycles. The molecule has 0 bridgehead atoms. The Kier molecular flexibility index (Phi) is 12.4. The number of imidazole rings is 1. The van der Waals surface area contributed by atoms with Crippen molar-refractivity contribution in [3.8, 4) is 11.6 Å². The zero-order chi connectivity index (χ0) is 31.9. The van der Waals surface area contributed by atoms with Gasteiger partial charge < -0.3 is 15.2 Å². The molecule has 236 valence electrons. The van der Waals surface area contributed by atoms with Crippen molar-refractivity contribution >= 4 is 29.1 Å². The number of halogens is 6. The molecule has 2 heterocycles. The second kappa shape index (κ2) is 14.7. The molecule has 42 heavy (non-hydrogen) atoms. The number of ether oxygens (including phenoxy) is 1. The summed E-state index contributed by atoms with van der Waals surface area (Å²) in [6.07, 6.45) is -1.32. The molecule has 9 nitrogen and oxygen atoms in total. The van der Waals surface area contributed by atoms with Gasteiger partial charge in [-0.05, 0) is 55.1 Å². The molecule has 0 atom stereocenters. The number of aryl methyl sites for hydroxylation is 1. The predicted octanol–water partition coefficient (Wildman–Crippen LogP) is 5.61. The Labute approximate surface area is 248 Å². The van der Waals surface area contributed by atoms with Crippen LogP contribution in [0.5, 0.6) is 5.75 Å². The minimum Gasteiger partial charge on any atom is -0.431 e. The minimum absolute atomic E-state index is 0.00357. The van der Waals surface area contributed by atoms with Crippen molar-refractivity contribution in [3.05, 3.63) is 34.5 Å². The molecular weight excluding hydrogens is 611 g/mol. The maximum atomic E-state index is 13.3. The Morgan fingerprint density at radius 2 is 1.88 bits per heavy atom. The summed E-state index contributed by atoms with van der Waals surface area (Å²) in [5.74, 6) is -0.523. The molecule has 2 aromatic rings. The number of nitrogens with zero attached hydrogens (tertiary/aromatic N) is 3. The topological polar surface area (TPSA) is 123 Å². The van der Waals surface area contributed by atoms with Gasteiger partial charge in [0.2, 0.25) is 0 Å². The van der Waals surface area contributed by atoms with Gasteiger partial charge in [0.25, 0.3) is 5.91 Å². The lowest BCUT2D eigenvalue weighted by atomic mass is 9.79. The maximum Gasteiger partial charge on any atom is 0.389 e. The number of carbonyl (C=O) groups is 1. The number of rotatable bonds is 10. The van der Waals surface area contributed by atoms with Gasteiger partial charge in [0.15, 0.2) is 17.3 Å². The van der Waals surface area contributed by atoms with E-state index in [1.807, 2.05) is 0 Å². The number of pyridine rings is 1. The summed E-state index contributed by atoms with van der Waals surface area (Å²) in [5.41, 5.74) is -2.19. The number of aliphatic hydroxyl groups is 1. The average Bonchev–Trinajstić information content (AvgIpc) is 3.19. The van der Waals surface area contributed by atoms with Crippen LogP contribution in [0.1, 0.15) is 81.7 Å². The van der Waals surface area contributed by atoms with Gasteiger partial charge in [-0.3, -0.25) is 9.36 Å². The van der Waals surface area contributed by atoms with Crippen LogP contribution in [0.2, 0.25) is 5.15 Å². The number of hydrogen-bond acceptors (Lipinski definition) is 7. The Balaban J connectivity index is 0.00000197. The Morgan fingerprint density at radius 1 is 1.29 bits per heavy atom. The van der Waals surface area contributed by atoms with Crippen LogP contribution in [-0.4, -0.2) is 58.9 Å². The molecule has 0 spiro atoms. The molecule has 2 aromatic heterocycles. The number of nitrogens with one attached hydrogen (secondary N) is 1. The van der Waals surface area contributed by atoms with E-state index in [0.717, 1.165) is 12.8 Å². The van der Waals surface area contributed by atoms with Gasteiger partial charge in [-0.25, -0.2) is 9.97 Å². The number of aromatic nitrogens is 3. The van der Waals surface area contributed by atoms with Crippen molar-refractivity contribution in [1.29, 1.82) is 0 Å². The van der Waals surface area contributed by atoms with E-state index < -0.39 is 53.5 Å². The van der Waals surface area contributed by atoms with Gasteiger partial charge in [-0.1, -0.05) is 39.3 Å². The summed E-state index contributed by atoms with van der Waals surface area (Å²) in [6, 6.07) is 1.20. The fourth-order valence-electron chi connectivity index (χ4n) is 4.93. The maximum absolute atomic E-state index is 13.3. The summed E-state index contributed by atoms with van der Waals surface area (Å²) < 4.78 is 88.0. The second-order valence-electron chi connectivity index (χ2n) is 11.2. The number of hydrogen-bond donors (Lipinski definition) is 2. The van der Waals surface area contributed by atoms with Gasteiger partial charge in [0.1, 0.15) is 11.0 Å². The van der Waals surface area contributed by atoms with Crippen LogP contribution in [0, 0.1) is 11.3 Å². The minimum atomic E-state index is -4.40. The highest BCUT2D eigenvalue weighted by Gasteiger charge is 2.37. The standard InChI is InChI=1S/C26H34ClF5N4O3.O2S/c1-5-18-35-19(22(37)34-14-25(38)8-6-15(2)7-9-25)20(27)36(18)21-17(39-23(28)29)10-16(12-33-21)11-24(3,4)13-26(30,31)32;1-3-2/h10,12,15,23,38H,5-9,11,13-14H2,1-4H3,(H,34,37);. The van der Waals surface area contributed by atoms with Crippen molar-refractivity contribution < 1.29 is 45.0 Å². The van der Waals surface area contributed by atoms with Crippen molar-refractivity contribution in [2.24, 2.45) is 11.3 Å². The van der Waals surface area contributed by atoms with E-state index in [-0.39, 0.29) is 47.4 Å². The lowest BCUT2D eigenvalue weighted by Gasteiger charge is -2.34. The fourth-order valence-corrected chi connectivity index (χ4v) is 5.23. The molecule has 1 aliphatic rings. The third-order valence-corrected chi connectivity index (χ3v) is 7.23. The summed E-state index contributed by atoms with van der Waals surface area (Å²) >= 11 is 5.76. The van der Waals surface area contributed by atoms with Crippen LogP contribution < -0.4 is 10.1 Å². The van der Waals surface area contributed by atoms with E-state index in [2.05, 4.69) is 26.9 Å². The number of alkyl halides is 5. The van der Waals surface area contributed by atoms with Gasteiger partial charge in [-0.2, -0.15) is 30.4 Å². The SMILES string of the molecule is CCc1nc(C(=O)NCC2(O)CCC(C)CC2)c(Cl)n1-c1ncc(CC(C)(C)CC(F)(F)F)cc1OC(F)F.O=S=O. The molecule has 1 saturated carbocycles. The van der Waals surface area contributed by atoms with Gasteiger partial charge >= 0.3 is 24.4 Å².